The van der Waals surface area contributed by atoms with Crippen LogP contribution in [0, 0.1) is 0 Å². The van der Waals surface area contributed by atoms with Gasteiger partial charge in [0, 0.05) is 39.3 Å². The van der Waals surface area contributed by atoms with Crippen LogP contribution in [0.25, 0.3) is 12.2 Å². The lowest BCUT2D eigenvalue weighted by Gasteiger charge is -2.34. The van der Waals surface area contributed by atoms with E-state index in [0.717, 1.165) is 39.3 Å². The predicted molar refractivity (Wildman–Crippen MR) is 104 cm³/mol. The Labute approximate surface area is 145 Å². The zero-order chi connectivity index (χ0) is 16.8. The van der Waals surface area contributed by atoms with Crippen LogP contribution in [0.2, 0.25) is 0 Å². The molecule has 0 atom stereocenters. The number of rotatable bonds is 6. The molecule has 0 saturated carbocycles. The van der Waals surface area contributed by atoms with Gasteiger partial charge in [-0.2, -0.15) is 0 Å². The lowest BCUT2D eigenvalue weighted by molar-refractivity contribution is 0.122. The van der Waals surface area contributed by atoms with E-state index in [1.807, 2.05) is 12.2 Å². The monoisotopic (exact) mass is 318 g/mol. The van der Waals surface area contributed by atoms with E-state index in [9.17, 15) is 0 Å². The summed E-state index contributed by atoms with van der Waals surface area (Å²) in [6.07, 6.45) is 3.79. The van der Waals surface area contributed by atoms with E-state index >= 15 is 0 Å². The number of hydrogen-bond donors (Lipinski definition) is 0. The first kappa shape index (κ1) is 16.7. The molecule has 1 fully saturated rings. The Morgan fingerprint density at radius 2 is 0.958 bits per heavy atom. The normalized spacial score (nSPS) is 16.0. The number of benzene rings is 2. The van der Waals surface area contributed by atoms with Crippen molar-refractivity contribution in [1.82, 2.24) is 9.80 Å². The number of hydrogen-bond acceptors (Lipinski definition) is 2. The third kappa shape index (κ3) is 4.44. The van der Waals surface area contributed by atoms with Crippen LogP contribution in [0.3, 0.4) is 0 Å². The maximum atomic E-state index is 3.81. The molecular weight excluding hydrogens is 292 g/mol. The summed E-state index contributed by atoms with van der Waals surface area (Å²) in [6, 6.07) is 17.4. The van der Waals surface area contributed by atoms with Gasteiger partial charge in [0.1, 0.15) is 0 Å². The van der Waals surface area contributed by atoms with Gasteiger partial charge in [-0.1, -0.05) is 73.8 Å². The van der Waals surface area contributed by atoms with Crippen LogP contribution in [0.4, 0.5) is 0 Å². The summed E-state index contributed by atoms with van der Waals surface area (Å²) in [6.45, 7) is 14.2. The van der Waals surface area contributed by atoms with Gasteiger partial charge >= 0.3 is 0 Å². The van der Waals surface area contributed by atoms with Crippen LogP contribution in [0.15, 0.2) is 61.7 Å². The van der Waals surface area contributed by atoms with Crippen molar-refractivity contribution in [3.8, 4) is 0 Å². The van der Waals surface area contributed by atoms with Crippen LogP contribution in [0.1, 0.15) is 22.3 Å². The number of piperazine rings is 1. The van der Waals surface area contributed by atoms with Gasteiger partial charge in [-0.15, -0.1) is 0 Å². The van der Waals surface area contributed by atoms with Crippen molar-refractivity contribution in [2.24, 2.45) is 0 Å². The Kier molecular flexibility index (Phi) is 5.63. The maximum absolute atomic E-state index is 3.81. The van der Waals surface area contributed by atoms with E-state index in [4.69, 9.17) is 0 Å². The highest BCUT2D eigenvalue weighted by Gasteiger charge is 2.17. The van der Waals surface area contributed by atoms with Crippen molar-refractivity contribution in [1.29, 1.82) is 0 Å². The van der Waals surface area contributed by atoms with Crippen molar-refractivity contribution in [2.75, 3.05) is 26.2 Å². The minimum Gasteiger partial charge on any atom is -0.297 e. The molecule has 1 heterocycles. The highest BCUT2D eigenvalue weighted by atomic mass is 15.3. The minimum atomic E-state index is 1.04. The molecule has 0 spiro atoms. The molecule has 2 aromatic rings. The van der Waals surface area contributed by atoms with Crippen molar-refractivity contribution >= 4 is 12.2 Å². The van der Waals surface area contributed by atoms with E-state index in [1.54, 1.807) is 0 Å². The Morgan fingerprint density at radius 1 is 0.625 bits per heavy atom. The second-order valence-corrected chi connectivity index (χ2v) is 6.44. The zero-order valence-corrected chi connectivity index (χ0v) is 14.3. The van der Waals surface area contributed by atoms with Crippen LogP contribution in [-0.4, -0.2) is 36.0 Å². The molecule has 1 aliphatic heterocycles. The predicted octanol–water partition coefficient (Wildman–Crippen LogP) is 4.29. The molecule has 1 saturated heterocycles. The van der Waals surface area contributed by atoms with Crippen LogP contribution in [0.5, 0.6) is 0 Å². The van der Waals surface area contributed by atoms with E-state index in [1.165, 1.54) is 22.3 Å². The van der Waals surface area contributed by atoms with Crippen LogP contribution < -0.4 is 0 Å². The summed E-state index contributed by atoms with van der Waals surface area (Å²) in [7, 11) is 0. The first-order chi connectivity index (χ1) is 11.8. The molecule has 24 heavy (non-hydrogen) atoms. The molecule has 1 aliphatic rings. The van der Waals surface area contributed by atoms with Gasteiger partial charge in [0.2, 0.25) is 0 Å². The molecule has 0 aliphatic carbocycles. The summed E-state index contributed by atoms with van der Waals surface area (Å²) >= 11 is 0. The van der Waals surface area contributed by atoms with E-state index in [0.29, 0.717) is 0 Å². The molecule has 0 N–H and O–H groups in total. The first-order valence-corrected chi connectivity index (χ1v) is 8.64. The Bertz CT molecular complexity index is 601. The van der Waals surface area contributed by atoms with Crippen LogP contribution >= 0.6 is 0 Å². The third-order valence-corrected chi connectivity index (χ3v) is 4.71. The molecule has 2 heteroatoms. The quantitative estimate of drug-likeness (QED) is 0.784. The van der Waals surface area contributed by atoms with Gasteiger partial charge in [0.25, 0.3) is 0 Å². The summed E-state index contributed by atoms with van der Waals surface area (Å²) in [4.78, 5) is 5.08. The number of nitrogens with zero attached hydrogens (tertiary/aromatic N) is 2. The fourth-order valence-corrected chi connectivity index (χ4v) is 3.14. The summed E-state index contributed by atoms with van der Waals surface area (Å²) in [5.41, 5.74) is 5.14. The molecule has 2 aromatic carbocycles. The van der Waals surface area contributed by atoms with Gasteiger partial charge in [-0.25, -0.2) is 0 Å². The molecule has 3 rings (SSSR count). The first-order valence-electron chi connectivity index (χ1n) is 8.64. The minimum absolute atomic E-state index is 1.04. The second-order valence-electron chi connectivity index (χ2n) is 6.44. The van der Waals surface area contributed by atoms with Gasteiger partial charge in [-0.05, 0) is 22.3 Å². The van der Waals surface area contributed by atoms with E-state index < -0.39 is 0 Å². The standard InChI is InChI=1S/C22H26N2/c1-3-19-5-9-21(10-6-19)17-23-13-15-24(16-14-23)18-22-11-7-20(4-2)8-12-22/h3-12H,1-2,13-18H2. The van der Waals surface area contributed by atoms with E-state index in [2.05, 4.69) is 71.5 Å². The topological polar surface area (TPSA) is 6.48 Å². The maximum Gasteiger partial charge on any atom is 0.0234 e. The summed E-state index contributed by atoms with van der Waals surface area (Å²) in [5, 5.41) is 0. The SMILES string of the molecule is C=Cc1ccc(CN2CCN(Cc3ccc(C=C)cc3)CC2)cc1. The molecule has 0 radical (unpaired) electrons. The van der Waals surface area contributed by atoms with Gasteiger partial charge in [-0.3, -0.25) is 9.80 Å². The van der Waals surface area contributed by atoms with Crippen molar-refractivity contribution in [2.45, 2.75) is 13.1 Å². The Hall–Kier alpha value is -2.16. The molecule has 0 aromatic heterocycles. The Balaban J connectivity index is 1.47. The largest absolute Gasteiger partial charge is 0.297 e. The van der Waals surface area contributed by atoms with Gasteiger partial charge < -0.3 is 0 Å². The molecular formula is C22H26N2. The average molecular weight is 318 g/mol. The molecule has 124 valence electrons. The van der Waals surface area contributed by atoms with Crippen molar-refractivity contribution in [3.05, 3.63) is 83.9 Å². The highest BCUT2D eigenvalue weighted by Crippen LogP contribution is 2.13. The lowest BCUT2D eigenvalue weighted by Crippen LogP contribution is -2.45. The molecule has 0 unspecified atom stereocenters. The fraction of sp³-hybridized carbons (Fsp3) is 0.273. The van der Waals surface area contributed by atoms with Gasteiger partial charge in [0.15, 0.2) is 0 Å². The van der Waals surface area contributed by atoms with E-state index in [-0.39, 0.29) is 0 Å². The zero-order valence-electron chi connectivity index (χ0n) is 14.3. The van der Waals surface area contributed by atoms with Crippen molar-refractivity contribution < 1.29 is 0 Å². The third-order valence-electron chi connectivity index (χ3n) is 4.71. The fourth-order valence-electron chi connectivity index (χ4n) is 3.14. The van der Waals surface area contributed by atoms with Gasteiger partial charge in [0.05, 0.1) is 0 Å². The highest BCUT2D eigenvalue weighted by molar-refractivity contribution is 5.47. The van der Waals surface area contributed by atoms with Crippen LogP contribution in [-0.2, 0) is 13.1 Å². The average Bonchev–Trinajstić information content (AvgIpc) is 2.65. The van der Waals surface area contributed by atoms with Crippen molar-refractivity contribution in [3.63, 3.8) is 0 Å². The molecule has 2 nitrogen and oxygen atoms in total. The summed E-state index contributed by atoms with van der Waals surface area (Å²) in [5.74, 6) is 0. The molecule has 0 bridgehead atoms. The Morgan fingerprint density at radius 3 is 1.25 bits per heavy atom. The lowest BCUT2D eigenvalue weighted by atomic mass is 10.1. The summed E-state index contributed by atoms with van der Waals surface area (Å²) < 4.78 is 0. The smallest absolute Gasteiger partial charge is 0.0234 e. The molecule has 0 amide bonds. The second kappa shape index (κ2) is 8.09.